The van der Waals surface area contributed by atoms with Gasteiger partial charge in [0.25, 0.3) is 11.8 Å². The number of carbonyl (C=O) groups excluding carboxylic acids is 2. The zero-order chi connectivity index (χ0) is 20.8. The number of para-hydroxylation sites is 1. The molecule has 1 fully saturated rings. The summed E-state index contributed by atoms with van der Waals surface area (Å²) < 4.78 is 7.46. The van der Waals surface area contributed by atoms with E-state index in [2.05, 4.69) is 20.9 Å². The molecule has 1 unspecified atom stereocenters. The van der Waals surface area contributed by atoms with Gasteiger partial charge in [-0.15, -0.1) is 5.10 Å². The highest BCUT2D eigenvalue weighted by Gasteiger charge is 2.26. The van der Waals surface area contributed by atoms with Crippen molar-refractivity contribution in [3.63, 3.8) is 0 Å². The van der Waals surface area contributed by atoms with E-state index < -0.39 is 6.10 Å². The molecule has 8 heteroatoms. The highest BCUT2D eigenvalue weighted by molar-refractivity contribution is 5.92. The smallest absolute Gasteiger partial charge is 0.273 e. The maximum absolute atomic E-state index is 12.4. The maximum Gasteiger partial charge on any atom is 0.273 e. The number of hydrogen-bond donors (Lipinski definition) is 2. The van der Waals surface area contributed by atoms with Crippen LogP contribution in [0.2, 0.25) is 0 Å². The molecule has 2 amide bonds. The van der Waals surface area contributed by atoms with Crippen molar-refractivity contribution < 1.29 is 14.3 Å². The molecule has 2 aromatic rings. The zero-order valence-corrected chi connectivity index (χ0v) is 17.2. The van der Waals surface area contributed by atoms with E-state index in [0.717, 1.165) is 25.7 Å². The van der Waals surface area contributed by atoms with Crippen LogP contribution in [0, 0.1) is 0 Å². The van der Waals surface area contributed by atoms with Crippen molar-refractivity contribution in [2.45, 2.75) is 70.7 Å². The summed E-state index contributed by atoms with van der Waals surface area (Å²) in [7, 11) is 0. The second kappa shape index (κ2) is 9.54. The number of amides is 2. The highest BCUT2D eigenvalue weighted by Crippen LogP contribution is 2.28. The Hall–Kier alpha value is -2.90. The summed E-state index contributed by atoms with van der Waals surface area (Å²) >= 11 is 0. The lowest BCUT2D eigenvalue weighted by Gasteiger charge is -2.29. The van der Waals surface area contributed by atoms with Gasteiger partial charge in [-0.1, -0.05) is 23.4 Å². The Morgan fingerprint density at radius 3 is 2.45 bits per heavy atom. The van der Waals surface area contributed by atoms with E-state index in [1.165, 1.54) is 0 Å². The number of benzene rings is 1. The van der Waals surface area contributed by atoms with Gasteiger partial charge in [0.2, 0.25) is 0 Å². The minimum atomic E-state index is -0.549. The third-order valence-electron chi connectivity index (χ3n) is 5.01. The van der Waals surface area contributed by atoms with Crippen molar-refractivity contribution in [3.8, 4) is 5.75 Å². The van der Waals surface area contributed by atoms with Crippen LogP contribution in [0.1, 0.15) is 63.0 Å². The molecule has 29 heavy (non-hydrogen) atoms. The lowest BCUT2D eigenvalue weighted by Crippen LogP contribution is -2.44. The average Bonchev–Trinajstić information content (AvgIpc) is 3.19. The summed E-state index contributed by atoms with van der Waals surface area (Å²) in [6, 6.07) is 9.70. The van der Waals surface area contributed by atoms with Gasteiger partial charge in [-0.05, 0) is 58.6 Å². The predicted octanol–water partition coefficient (Wildman–Crippen LogP) is 2.48. The second-order valence-electron chi connectivity index (χ2n) is 7.80. The van der Waals surface area contributed by atoms with Gasteiger partial charge >= 0.3 is 0 Å². The SMILES string of the molecule is CC(C)NC(=O)c1cn(C2CCC(NC(=O)C(C)Oc3ccccc3)CC2)nn1. The van der Waals surface area contributed by atoms with Crippen molar-refractivity contribution in [2.24, 2.45) is 0 Å². The van der Waals surface area contributed by atoms with Gasteiger partial charge in [-0.25, -0.2) is 4.68 Å². The molecule has 0 spiro atoms. The fraction of sp³-hybridized carbons (Fsp3) is 0.524. The third-order valence-corrected chi connectivity index (χ3v) is 5.01. The zero-order valence-electron chi connectivity index (χ0n) is 17.2. The molecule has 0 aliphatic heterocycles. The molecule has 2 N–H and O–H groups in total. The van der Waals surface area contributed by atoms with Crippen LogP contribution in [0.3, 0.4) is 0 Å². The summed E-state index contributed by atoms with van der Waals surface area (Å²) in [5.74, 6) is 0.368. The van der Waals surface area contributed by atoms with E-state index in [0.29, 0.717) is 11.4 Å². The molecule has 3 rings (SSSR count). The number of rotatable bonds is 7. The molecule has 1 aliphatic rings. The fourth-order valence-corrected chi connectivity index (χ4v) is 3.46. The van der Waals surface area contributed by atoms with Gasteiger partial charge < -0.3 is 15.4 Å². The van der Waals surface area contributed by atoms with E-state index in [-0.39, 0.29) is 29.9 Å². The van der Waals surface area contributed by atoms with Crippen LogP contribution in [-0.4, -0.2) is 45.0 Å². The van der Waals surface area contributed by atoms with Crippen LogP contribution < -0.4 is 15.4 Å². The Morgan fingerprint density at radius 2 is 1.79 bits per heavy atom. The molecule has 1 atom stereocenters. The van der Waals surface area contributed by atoms with E-state index in [1.54, 1.807) is 17.8 Å². The van der Waals surface area contributed by atoms with Gasteiger partial charge in [0.15, 0.2) is 11.8 Å². The Balaban J connectivity index is 1.46. The summed E-state index contributed by atoms with van der Waals surface area (Å²) in [6.45, 7) is 5.57. The van der Waals surface area contributed by atoms with Crippen molar-refractivity contribution in [3.05, 3.63) is 42.2 Å². The number of nitrogens with one attached hydrogen (secondary N) is 2. The van der Waals surface area contributed by atoms with Crippen LogP contribution in [0.4, 0.5) is 0 Å². The van der Waals surface area contributed by atoms with Crippen LogP contribution in [0.25, 0.3) is 0 Å². The molecule has 156 valence electrons. The normalized spacial score (nSPS) is 20.1. The molecular formula is C21H29N5O3. The fourth-order valence-electron chi connectivity index (χ4n) is 3.46. The first kappa shape index (κ1) is 20.8. The van der Waals surface area contributed by atoms with Crippen LogP contribution >= 0.6 is 0 Å². The van der Waals surface area contributed by atoms with Gasteiger partial charge in [-0.3, -0.25) is 9.59 Å². The summed E-state index contributed by atoms with van der Waals surface area (Å²) in [5.41, 5.74) is 0.334. The topological polar surface area (TPSA) is 98.1 Å². The third kappa shape index (κ3) is 5.79. The van der Waals surface area contributed by atoms with E-state index in [4.69, 9.17) is 4.74 Å². The van der Waals surface area contributed by atoms with E-state index in [9.17, 15) is 9.59 Å². The van der Waals surface area contributed by atoms with Crippen LogP contribution in [0.15, 0.2) is 36.5 Å². The van der Waals surface area contributed by atoms with Gasteiger partial charge in [0.05, 0.1) is 12.2 Å². The van der Waals surface area contributed by atoms with Crippen molar-refractivity contribution in [1.29, 1.82) is 0 Å². The first-order valence-corrected chi connectivity index (χ1v) is 10.2. The van der Waals surface area contributed by atoms with Gasteiger partial charge in [-0.2, -0.15) is 0 Å². The summed E-state index contributed by atoms with van der Waals surface area (Å²) in [6.07, 6.45) is 4.59. The van der Waals surface area contributed by atoms with Crippen molar-refractivity contribution in [2.75, 3.05) is 0 Å². The molecule has 0 radical (unpaired) electrons. The summed E-state index contributed by atoms with van der Waals surface area (Å²) in [4.78, 5) is 24.5. The first-order valence-electron chi connectivity index (χ1n) is 10.2. The number of aromatic nitrogens is 3. The standard InChI is InChI=1S/C21H29N5O3/c1-14(2)22-21(28)19-13-26(25-24-19)17-11-9-16(10-12-17)23-20(27)15(3)29-18-7-5-4-6-8-18/h4-8,13-17H,9-12H2,1-3H3,(H,22,28)(H,23,27). The van der Waals surface area contributed by atoms with Gasteiger partial charge in [0, 0.05) is 12.1 Å². The molecular weight excluding hydrogens is 370 g/mol. The quantitative estimate of drug-likeness (QED) is 0.745. The molecule has 8 nitrogen and oxygen atoms in total. The number of ether oxygens (including phenoxy) is 1. The second-order valence-corrected chi connectivity index (χ2v) is 7.80. The molecule has 1 aromatic carbocycles. The first-order chi connectivity index (χ1) is 13.9. The number of carbonyl (C=O) groups is 2. The lowest BCUT2D eigenvalue weighted by atomic mass is 9.91. The number of nitrogens with zero attached hydrogens (tertiary/aromatic N) is 3. The minimum Gasteiger partial charge on any atom is -0.481 e. The largest absolute Gasteiger partial charge is 0.481 e. The minimum absolute atomic E-state index is 0.0555. The number of hydrogen-bond acceptors (Lipinski definition) is 5. The predicted molar refractivity (Wildman–Crippen MR) is 109 cm³/mol. The maximum atomic E-state index is 12.4. The lowest BCUT2D eigenvalue weighted by molar-refractivity contribution is -0.128. The summed E-state index contributed by atoms with van der Waals surface area (Å²) in [5, 5.41) is 14.0. The van der Waals surface area contributed by atoms with Crippen molar-refractivity contribution in [1.82, 2.24) is 25.6 Å². The highest BCUT2D eigenvalue weighted by atomic mass is 16.5. The molecule has 1 aromatic heterocycles. The van der Waals surface area contributed by atoms with Crippen LogP contribution in [-0.2, 0) is 4.79 Å². The molecule has 1 heterocycles. The molecule has 1 aliphatic carbocycles. The molecule has 0 bridgehead atoms. The molecule has 0 saturated heterocycles. The Bertz CT molecular complexity index is 813. The van der Waals surface area contributed by atoms with E-state index in [1.807, 2.05) is 44.2 Å². The average molecular weight is 399 g/mol. The van der Waals surface area contributed by atoms with Crippen LogP contribution in [0.5, 0.6) is 5.75 Å². The molecule has 1 saturated carbocycles. The Labute approximate surface area is 171 Å². The van der Waals surface area contributed by atoms with Crippen molar-refractivity contribution >= 4 is 11.8 Å². The van der Waals surface area contributed by atoms with E-state index >= 15 is 0 Å². The Morgan fingerprint density at radius 1 is 1.10 bits per heavy atom. The monoisotopic (exact) mass is 399 g/mol. The van der Waals surface area contributed by atoms with Gasteiger partial charge in [0.1, 0.15) is 5.75 Å². The Kier molecular flexibility index (Phi) is 6.85.